The monoisotopic (exact) mass is 367 g/mol. The van der Waals surface area contributed by atoms with E-state index in [1.807, 2.05) is 6.26 Å². The van der Waals surface area contributed by atoms with Crippen molar-refractivity contribution < 1.29 is 14.5 Å². The number of nitrogens with one attached hydrogen (secondary N) is 1. The van der Waals surface area contributed by atoms with Gasteiger partial charge in [0.25, 0.3) is 11.6 Å². The number of ether oxygens (including phenoxy) is 1. The first-order valence-electron chi connectivity index (χ1n) is 8.43. The van der Waals surface area contributed by atoms with Gasteiger partial charge in [0.1, 0.15) is 11.3 Å². The van der Waals surface area contributed by atoms with E-state index in [1.54, 1.807) is 0 Å². The summed E-state index contributed by atoms with van der Waals surface area (Å²) in [5.41, 5.74) is 5.64. The predicted molar refractivity (Wildman–Crippen MR) is 98.3 cm³/mol. The Morgan fingerprint density at radius 2 is 2.12 bits per heavy atom. The summed E-state index contributed by atoms with van der Waals surface area (Å²) in [6, 6.07) is 2.66. The van der Waals surface area contributed by atoms with Crippen LogP contribution in [0.3, 0.4) is 0 Å². The number of nitro benzene ring substituents is 1. The molecule has 0 aliphatic heterocycles. The van der Waals surface area contributed by atoms with E-state index in [0.29, 0.717) is 23.1 Å². The minimum atomic E-state index is -0.556. The van der Waals surface area contributed by atoms with E-state index in [2.05, 4.69) is 5.32 Å². The summed E-state index contributed by atoms with van der Waals surface area (Å²) in [4.78, 5) is 24.2. The molecule has 1 fully saturated rings. The number of carbonyl (C=O) groups is 1. The molecule has 25 heavy (non-hydrogen) atoms. The van der Waals surface area contributed by atoms with Gasteiger partial charge in [-0.3, -0.25) is 14.9 Å². The van der Waals surface area contributed by atoms with Crippen LogP contribution >= 0.6 is 11.8 Å². The van der Waals surface area contributed by atoms with Crippen molar-refractivity contribution >= 4 is 23.4 Å². The Kier molecular flexibility index (Phi) is 7.07. The van der Waals surface area contributed by atoms with Crippen LogP contribution in [0.2, 0.25) is 0 Å². The van der Waals surface area contributed by atoms with E-state index in [1.165, 1.54) is 37.4 Å². The summed E-state index contributed by atoms with van der Waals surface area (Å²) in [6.07, 6.45) is 7.37. The van der Waals surface area contributed by atoms with Crippen LogP contribution in [0.4, 0.5) is 5.69 Å². The van der Waals surface area contributed by atoms with Gasteiger partial charge in [-0.25, -0.2) is 0 Å². The zero-order valence-electron chi connectivity index (χ0n) is 14.6. The van der Waals surface area contributed by atoms with E-state index in [9.17, 15) is 14.9 Å². The first-order valence-corrected chi connectivity index (χ1v) is 9.65. The smallest absolute Gasteiger partial charge is 0.285 e. The van der Waals surface area contributed by atoms with Crippen molar-refractivity contribution in [2.75, 3.05) is 19.9 Å². The number of hydrogen-bond acceptors (Lipinski definition) is 6. The number of carbonyl (C=O) groups excluding carboxylic acids is 1. The number of methoxy groups -OCH3 is 1. The highest BCUT2D eigenvalue weighted by atomic mass is 32.2. The first-order chi connectivity index (χ1) is 12.0. The molecule has 3 N–H and O–H groups in total. The van der Waals surface area contributed by atoms with E-state index in [4.69, 9.17) is 10.5 Å². The van der Waals surface area contributed by atoms with Crippen molar-refractivity contribution in [3.05, 3.63) is 27.8 Å². The zero-order chi connectivity index (χ0) is 18.4. The van der Waals surface area contributed by atoms with E-state index in [-0.39, 0.29) is 17.3 Å². The number of amides is 1. The number of nitro groups is 1. The molecule has 7 nitrogen and oxygen atoms in total. The van der Waals surface area contributed by atoms with Gasteiger partial charge in [-0.2, -0.15) is 0 Å². The average Bonchev–Trinajstić information content (AvgIpc) is 2.65. The Morgan fingerprint density at radius 3 is 2.64 bits per heavy atom. The molecule has 0 radical (unpaired) electrons. The van der Waals surface area contributed by atoms with Crippen molar-refractivity contribution in [3.8, 4) is 5.75 Å². The molecule has 138 valence electrons. The molecule has 1 saturated carbocycles. The predicted octanol–water partition coefficient (Wildman–Crippen LogP) is 2.96. The SMILES string of the molecule is COc1cc([N+](=O)[O-])c(C(=O)NC(CN)C2CCCCC2)cc1SC. The Labute approximate surface area is 151 Å². The van der Waals surface area contributed by atoms with Crippen LogP contribution in [-0.4, -0.2) is 36.8 Å². The van der Waals surface area contributed by atoms with Crippen molar-refractivity contribution in [1.29, 1.82) is 0 Å². The molecule has 1 amide bonds. The lowest BCUT2D eigenvalue weighted by atomic mass is 9.84. The number of rotatable bonds is 7. The Morgan fingerprint density at radius 1 is 1.44 bits per heavy atom. The molecule has 0 aromatic heterocycles. The van der Waals surface area contributed by atoms with Gasteiger partial charge in [-0.1, -0.05) is 19.3 Å². The molecule has 1 unspecified atom stereocenters. The molecule has 0 spiro atoms. The topological polar surface area (TPSA) is 107 Å². The standard InChI is InChI=1S/C17H25N3O4S/c1-24-15-9-14(20(22)23)12(8-16(15)25-2)17(21)19-13(10-18)11-6-4-3-5-7-11/h8-9,11,13H,3-7,10,18H2,1-2H3,(H,19,21). The normalized spacial score (nSPS) is 16.3. The van der Waals surface area contributed by atoms with Crippen LogP contribution in [0.5, 0.6) is 5.75 Å². The first kappa shape index (κ1) is 19.5. The second-order valence-electron chi connectivity index (χ2n) is 6.20. The Hall–Kier alpha value is -1.80. The summed E-state index contributed by atoms with van der Waals surface area (Å²) in [5.74, 6) is 0.268. The highest BCUT2D eigenvalue weighted by Gasteiger charge is 2.28. The molecule has 8 heteroatoms. The highest BCUT2D eigenvalue weighted by molar-refractivity contribution is 7.98. The minimum absolute atomic E-state index is 0.0457. The number of thioether (sulfide) groups is 1. The fraction of sp³-hybridized carbons (Fsp3) is 0.588. The van der Waals surface area contributed by atoms with E-state index in [0.717, 1.165) is 25.7 Å². The van der Waals surface area contributed by atoms with Crippen LogP contribution in [0.25, 0.3) is 0 Å². The minimum Gasteiger partial charge on any atom is -0.495 e. The second-order valence-corrected chi connectivity index (χ2v) is 7.04. The third-order valence-electron chi connectivity index (χ3n) is 4.73. The van der Waals surface area contributed by atoms with Gasteiger partial charge in [-0.15, -0.1) is 11.8 Å². The Bertz CT molecular complexity index is 633. The van der Waals surface area contributed by atoms with Gasteiger partial charge in [0, 0.05) is 12.6 Å². The molecule has 0 saturated heterocycles. The molecule has 0 bridgehead atoms. The largest absolute Gasteiger partial charge is 0.495 e. The summed E-state index contributed by atoms with van der Waals surface area (Å²) in [6.45, 7) is 0.329. The van der Waals surface area contributed by atoms with Gasteiger partial charge in [0.15, 0.2) is 0 Å². The molecule has 2 rings (SSSR count). The highest BCUT2D eigenvalue weighted by Crippen LogP contribution is 2.34. The van der Waals surface area contributed by atoms with Gasteiger partial charge in [0.05, 0.1) is 23.0 Å². The van der Waals surface area contributed by atoms with Crippen molar-refractivity contribution in [2.24, 2.45) is 11.7 Å². The molecule has 0 heterocycles. The Balaban J connectivity index is 2.28. The number of benzene rings is 1. The maximum atomic E-state index is 12.7. The quantitative estimate of drug-likeness (QED) is 0.436. The van der Waals surface area contributed by atoms with E-state index < -0.39 is 10.8 Å². The van der Waals surface area contributed by atoms with Gasteiger partial charge in [0.2, 0.25) is 0 Å². The molecule has 1 aromatic rings. The average molecular weight is 367 g/mol. The fourth-order valence-corrected chi connectivity index (χ4v) is 3.93. The third-order valence-corrected chi connectivity index (χ3v) is 5.49. The van der Waals surface area contributed by atoms with E-state index >= 15 is 0 Å². The number of nitrogens with two attached hydrogens (primary N) is 1. The third kappa shape index (κ3) is 4.64. The van der Waals surface area contributed by atoms with Crippen molar-refractivity contribution in [3.63, 3.8) is 0 Å². The van der Waals surface area contributed by atoms with Crippen LogP contribution in [-0.2, 0) is 0 Å². The zero-order valence-corrected chi connectivity index (χ0v) is 15.4. The van der Waals surface area contributed by atoms with Crippen LogP contribution < -0.4 is 15.8 Å². The van der Waals surface area contributed by atoms with Gasteiger partial charge in [-0.05, 0) is 31.1 Å². The summed E-state index contributed by atoms with van der Waals surface area (Å²) in [5, 5.41) is 14.3. The van der Waals surface area contributed by atoms with Crippen LogP contribution in [0.1, 0.15) is 42.5 Å². The lowest BCUT2D eigenvalue weighted by molar-refractivity contribution is -0.385. The molecular formula is C17H25N3O4S. The number of nitrogens with zero attached hydrogens (tertiary/aromatic N) is 1. The van der Waals surface area contributed by atoms with Gasteiger partial charge < -0.3 is 15.8 Å². The maximum absolute atomic E-state index is 12.7. The van der Waals surface area contributed by atoms with Crippen LogP contribution in [0, 0.1) is 16.0 Å². The molecule has 1 atom stereocenters. The van der Waals surface area contributed by atoms with Gasteiger partial charge >= 0.3 is 0 Å². The lowest BCUT2D eigenvalue weighted by Crippen LogP contribution is -2.46. The molecule has 1 aromatic carbocycles. The lowest BCUT2D eigenvalue weighted by Gasteiger charge is -2.30. The van der Waals surface area contributed by atoms with Crippen molar-refractivity contribution in [2.45, 2.75) is 43.0 Å². The molecular weight excluding hydrogens is 342 g/mol. The summed E-state index contributed by atoms with van der Waals surface area (Å²) >= 11 is 1.37. The van der Waals surface area contributed by atoms with Crippen molar-refractivity contribution in [1.82, 2.24) is 5.32 Å². The van der Waals surface area contributed by atoms with Crippen LogP contribution in [0.15, 0.2) is 17.0 Å². The molecule has 1 aliphatic rings. The second kappa shape index (κ2) is 9.05. The fourth-order valence-electron chi connectivity index (χ4n) is 3.35. The maximum Gasteiger partial charge on any atom is 0.285 e. The molecule has 1 aliphatic carbocycles. The summed E-state index contributed by atoms with van der Waals surface area (Å²) < 4.78 is 5.18. The number of hydrogen-bond donors (Lipinski definition) is 2. The summed E-state index contributed by atoms with van der Waals surface area (Å²) in [7, 11) is 1.45.